The Morgan fingerprint density at radius 1 is 1.24 bits per heavy atom. The van der Waals surface area contributed by atoms with Crippen LogP contribution < -0.4 is 10.2 Å². The van der Waals surface area contributed by atoms with Crippen LogP contribution >= 0.6 is 0 Å². The van der Waals surface area contributed by atoms with Crippen molar-refractivity contribution in [3.8, 4) is 0 Å². The van der Waals surface area contributed by atoms with Gasteiger partial charge in [0.2, 0.25) is 0 Å². The zero-order valence-electron chi connectivity index (χ0n) is 14.0. The molecule has 8 heteroatoms. The molecule has 0 aromatic carbocycles. The molecule has 4 heterocycles. The molecule has 0 radical (unpaired) electrons. The van der Waals surface area contributed by atoms with Crippen LogP contribution in [0.3, 0.4) is 0 Å². The highest BCUT2D eigenvalue weighted by Gasteiger charge is 2.23. The highest BCUT2D eigenvalue weighted by molar-refractivity contribution is 5.92. The third-order valence-electron chi connectivity index (χ3n) is 4.44. The van der Waals surface area contributed by atoms with Gasteiger partial charge in [-0.05, 0) is 31.9 Å². The lowest BCUT2D eigenvalue weighted by Crippen LogP contribution is -2.45. The fourth-order valence-electron chi connectivity index (χ4n) is 3.19. The minimum Gasteiger partial charge on any atom is -0.355 e. The molecule has 128 valence electrons. The van der Waals surface area contributed by atoms with E-state index in [0.717, 1.165) is 43.0 Å². The molecular weight excluding hydrogens is 318 g/mol. The number of piperidine rings is 1. The van der Waals surface area contributed by atoms with Gasteiger partial charge in [0.25, 0.3) is 5.91 Å². The summed E-state index contributed by atoms with van der Waals surface area (Å²) in [6.45, 7) is 3.66. The van der Waals surface area contributed by atoms with Gasteiger partial charge in [-0.25, -0.2) is 19.5 Å². The lowest BCUT2D eigenvalue weighted by atomic mass is 10.0. The maximum atomic E-state index is 12.2. The quantitative estimate of drug-likeness (QED) is 0.773. The maximum absolute atomic E-state index is 12.2. The van der Waals surface area contributed by atoms with Gasteiger partial charge in [0.15, 0.2) is 5.82 Å². The molecule has 8 nitrogen and oxygen atoms in total. The van der Waals surface area contributed by atoms with Crippen LogP contribution in [0.25, 0.3) is 5.52 Å². The van der Waals surface area contributed by atoms with Gasteiger partial charge in [-0.2, -0.15) is 5.10 Å². The van der Waals surface area contributed by atoms with Crippen LogP contribution in [-0.2, 0) is 0 Å². The van der Waals surface area contributed by atoms with Crippen molar-refractivity contribution in [2.75, 3.05) is 18.0 Å². The molecule has 0 saturated carbocycles. The number of aryl methyl sites for hydroxylation is 1. The second-order valence-corrected chi connectivity index (χ2v) is 6.20. The Morgan fingerprint density at radius 3 is 2.84 bits per heavy atom. The Morgan fingerprint density at radius 2 is 2.08 bits per heavy atom. The first-order valence-electron chi connectivity index (χ1n) is 8.33. The fraction of sp³-hybridized carbons (Fsp3) is 0.353. The second-order valence-electron chi connectivity index (χ2n) is 6.20. The molecule has 0 unspecified atom stereocenters. The number of amides is 1. The lowest BCUT2D eigenvalue weighted by molar-refractivity contribution is 0.0926. The third-order valence-corrected chi connectivity index (χ3v) is 4.44. The minimum atomic E-state index is -0.146. The van der Waals surface area contributed by atoms with E-state index in [1.54, 1.807) is 18.5 Å². The van der Waals surface area contributed by atoms with Crippen molar-refractivity contribution in [2.24, 2.45) is 0 Å². The number of rotatable bonds is 3. The van der Waals surface area contributed by atoms with Gasteiger partial charge in [-0.15, -0.1) is 0 Å². The smallest absolute Gasteiger partial charge is 0.270 e. The lowest BCUT2D eigenvalue weighted by Gasteiger charge is -2.33. The standard InChI is InChI=1S/C17H19N7O/c1-12-10-15-16(19-6-9-24(15)22-12)23-7-3-13(4-8-23)21-17(25)14-2-5-18-11-20-14/h2,5-6,9-11,13H,3-4,7-8H2,1H3,(H,21,25). The van der Waals surface area contributed by atoms with Crippen molar-refractivity contribution in [3.63, 3.8) is 0 Å². The van der Waals surface area contributed by atoms with E-state index in [4.69, 9.17) is 0 Å². The van der Waals surface area contributed by atoms with Crippen LogP contribution in [0.5, 0.6) is 0 Å². The summed E-state index contributed by atoms with van der Waals surface area (Å²) >= 11 is 0. The summed E-state index contributed by atoms with van der Waals surface area (Å²) in [6.07, 6.45) is 8.33. The Kier molecular flexibility index (Phi) is 4.01. The van der Waals surface area contributed by atoms with E-state index in [9.17, 15) is 4.79 Å². The number of carbonyl (C=O) groups excluding carboxylic acids is 1. The Labute approximate surface area is 144 Å². The zero-order valence-corrected chi connectivity index (χ0v) is 14.0. The van der Waals surface area contributed by atoms with Gasteiger partial charge in [-0.3, -0.25) is 4.79 Å². The van der Waals surface area contributed by atoms with Gasteiger partial charge in [0, 0.05) is 37.7 Å². The summed E-state index contributed by atoms with van der Waals surface area (Å²) in [6, 6.07) is 3.81. The summed E-state index contributed by atoms with van der Waals surface area (Å²) in [5.41, 5.74) is 2.39. The van der Waals surface area contributed by atoms with Crippen LogP contribution in [0.4, 0.5) is 5.82 Å². The van der Waals surface area contributed by atoms with Crippen molar-refractivity contribution in [1.82, 2.24) is 29.9 Å². The molecule has 0 atom stereocenters. The van der Waals surface area contributed by atoms with E-state index in [1.807, 2.05) is 23.7 Å². The van der Waals surface area contributed by atoms with Crippen molar-refractivity contribution in [2.45, 2.75) is 25.8 Å². The molecule has 1 amide bonds. The summed E-state index contributed by atoms with van der Waals surface area (Å²) in [4.78, 5) is 26.8. The minimum absolute atomic E-state index is 0.144. The molecule has 0 aliphatic carbocycles. The van der Waals surface area contributed by atoms with E-state index < -0.39 is 0 Å². The molecule has 1 fully saturated rings. The summed E-state index contributed by atoms with van der Waals surface area (Å²) < 4.78 is 1.86. The number of hydrogen-bond acceptors (Lipinski definition) is 6. The average molecular weight is 337 g/mol. The fourth-order valence-corrected chi connectivity index (χ4v) is 3.19. The highest BCUT2D eigenvalue weighted by Crippen LogP contribution is 2.23. The number of fused-ring (bicyclic) bond motifs is 1. The highest BCUT2D eigenvalue weighted by atomic mass is 16.1. The zero-order chi connectivity index (χ0) is 17.2. The molecule has 4 rings (SSSR count). The number of nitrogens with one attached hydrogen (secondary N) is 1. The third kappa shape index (κ3) is 3.15. The second kappa shape index (κ2) is 6.46. The molecule has 0 spiro atoms. The molecule has 1 aliphatic rings. The summed E-state index contributed by atoms with van der Waals surface area (Å²) in [5.74, 6) is 0.802. The first-order chi connectivity index (χ1) is 12.2. The Hall–Kier alpha value is -3.03. The van der Waals surface area contributed by atoms with Gasteiger partial charge < -0.3 is 10.2 Å². The van der Waals surface area contributed by atoms with Gasteiger partial charge >= 0.3 is 0 Å². The molecule has 1 N–H and O–H groups in total. The van der Waals surface area contributed by atoms with E-state index in [1.165, 1.54) is 6.33 Å². The van der Waals surface area contributed by atoms with Crippen LogP contribution in [0.15, 0.2) is 37.1 Å². The number of nitrogens with zero attached hydrogens (tertiary/aromatic N) is 6. The molecule has 1 aliphatic heterocycles. The number of hydrogen-bond donors (Lipinski definition) is 1. The van der Waals surface area contributed by atoms with Gasteiger partial charge in [0.1, 0.15) is 17.5 Å². The molecule has 0 bridgehead atoms. The first-order valence-corrected chi connectivity index (χ1v) is 8.33. The number of anilines is 1. The predicted molar refractivity (Wildman–Crippen MR) is 92.5 cm³/mol. The SMILES string of the molecule is Cc1cc2c(N3CCC(NC(=O)c4ccncn4)CC3)nccn2n1. The maximum Gasteiger partial charge on any atom is 0.270 e. The van der Waals surface area contributed by atoms with Crippen molar-refractivity contribution in [3.05, 3.63) is 48.4 Å². The van der Waals surface area contributed by atoms with E-state index in [2.05, 4.69) is 30.3 Å². The molecule has 3 aromatic heterocycles. The molecule has 3 aromatic rings. The van der Waals surface area contributed by atoms with Gasteiger partial charge in [-0.1, -0.05) is 0 Å². The van der Waals surface area contributed by atoms with Crippen LogP contribution in [0.1, 0.15) is 29.0 Å². The van der Waals surface area contributed by atoms with Crippen LogP contribution in [0, 0.1) is 6.92 Å². The predicted octanol–water partition coefficient (Wildman–Crippen LogP) is 1.23. The molecule has 25 heavy (non-hydrogen) atoms. The number of aromatic nitrogens is 5. The number of carbonyl (C=O) groups is 1. The molecular formula is C17H19N7O. The average Bonchev–Trinajstić information content (AvgIpc) is 3.03. The molecule has 1 saturated heterocycles. The van der Waals surface area contributed by atoms with E-state index in [0.29, 0.717) is 5.69 Å². The van der Waals surface area contributed by atoms with Crippen molar-refractivity contribution >= 4 is 17.2 Å². The Balaban J connectivity index is 1.42. The van der Waals surface area contributed by atoms with E-state index >= 15 is 0 Å². The topological polar surface area (TPSA) is 88.3 Å². The largest absolute Gasteiger partial charge is 0.355 e. The summed E-state index contributed by atoms with van der Waals surface area (Å²) in [7, 11) is 0. The first kappa shape index (κ1) is 15.5. The monoisotopic (exact) mass is 337 g/mol. The van der Waals surface area contributed by atoms with Crippen LogP contribution in [0.2, 0.25) is 0 Å². The van der Waals surface area contributed by atoms with Crippen molar-refractivity contribution in [1.29, 1.82) is 0 Å². The van der Waals surface area contributed by atoms with Gasteiger partial charge in [0.05, 0.1) is 5.69 Å². The van der Waals surface area contributed by atoms with Crippen LogP contribution in [-0.4, -0.2) is 49.6 Å². The Bertz CT molecular complexity index is 884. The van der Waals surface area contributed by atoms with Crippen molar-refractivity contribution < 1.29 is 4.79 Å². The normalized spacial score (nSPS) is 15.5. The summed E-state index contributed by atoms with van der Waals surface area (Å²) in [5, 5.41) is 7.49. The van der Waals surface area contributed by atoms with E-state index in [-0.39, 0.29) is 11.9 Å².